The minimum Gasteiger partial charge on any atom is -0.286 e. The highest BCUT2D eigenvalue weighted by molar-refractivity contribution is 5.85. The molecule has 0 aliphatic carbocycles. The monoisotopic (exact) mass is 184 g/mol. The maximum atomic E-state index is 4.30. The number of hydrogen-bond donors (Lipinski definition) is 0. The summed E-state index contributed by atoms with van der Waals surface area (Å²) in [6.45, 7) is 0.641. The molecule has 1 aromatic carbocycles. The summed E-state index contributed by atoms with van der Waals surface area (Å²) in [6.07, 6.45) is 3.63. The Bertz CT molecular complexity index is 498. The number of rotatable bonds is 0. The number of aromatic nitrogens is 3. The van der Waals surface area contributed by atoms with Crippen LogP contribution in [0.25, 0.3) is 5.69 Å². The van der Waals surface area contributed by atoms with Gasteiger partial charge in [-0.2, -0.15) is 0 Å². The van der Waals surface area contributed by atoms with Crippen LogP contribution in [0.2, 0.25) is 0 Å². The summed E-state index contributed by atoms with van der Waals surface area (Å²) < 4.78 is 1.84. The minimum absolute atomic E-state index is 0.641. The van der Waals surface area contributed by atoms with Gasteiger partial charge in [-0.25, -0.2) is 4.68 Å². The average Bonchev–Trinajstić information content (AvgIpc) is 2.61. The van der Waals surface area contributed by atoms with Crippen LogP contribution in [0.3, 0.4) is 0 Å². The number of aliphatic imine (C=N–C) groups is 1. The SMILES string of the molecule is C1=NCc2cnnn2-c2ccccc21. The molecule has 2 heterocycles. The second-order valence-corrected chi connectivity index (χ2v) is 3.17. The van der Waals surface area contributed by atoms with Crippen molar-refractivity contribution in [3.63, 3.8) is 0 Å². The molecule has 68 valence electrons. The third kappa shape index (κ3) is 0.970. The predicted octanol–water partition coefficient (Wildman–Crippen LogP) is 1.20. The van der Waals surface area contributed by atoms with Crippen molar-refractivity contribution in [1.29, 1.82) is 0 Å². The van der Waals surface area contributed by atoms with Crippen molar-refractivity contribution in [2.75, 3.05) is 0 Å². The normalized spacial score (nSPS) is 13.1. The van der Waals surface area contributed by atoms with Crippen LogP contribution in [0.15, 0.2) is 35.5 Å². The van der Waals surface area contributed by atoms with E-state index in [1.807, 2.05) is 35.2 Å². The fraction of sp³-hybridized carbons (Fsp3) is 0.100. The van der Waals surface area contributed by atoms with Crippen LogP contribution in [-0.2, 0) is 6.54 Å². The van der Waals surface area contributed by atoms with Gasteiger partial charge in [0.25, 0.3) is 0 Å². The minimum atomic E-state index is 0.641. The molecule has 0 atom stereocenters. The first-order valence-corrected chi connectivity index (χ1v) is 4.44. The van der Waals surface area contributed by atoms with Crippen molar-refractivity contribution in [2.24, 2.45) is 4.99 Å². The highest BCUT2D eigenvalue weighted by Crippen LogP contribution is 2.16. The predicted molar refractivity (Wildman–Crippen MR) is 52.7 cm³/mol. The molecular weight excluding hydrogens is 176 g/mol. The van der Waals surface area contributed by atoms with E-state index < -0.39 is 0 Å². The molecule has 0 amide bonds. The first-order chi connectivity index (χ1) is 6.95. The molecule has 1 aliphatic heterocycles. The van der Waals surface area contributed by atoms with E-state index in [-0.39, 0.29) is 0 Å². The van der Waals surface area contributed by atoms with Crippen molar-refractivity contribution in [3.8, 4) is 5.69 Å². The summed E-state index contributed by atoms with van der Waals surface area (Å²) >= 11 is 0. The Morgan fingerprint density at radius 3 is 3.14 bits per heavy atom. The Morgan fingerprint density at radius 1 is 1.21 bits per heavy atom. The van der Waals surface area contributed by atoms with Crippen LogP contribution in [0.1, 0.15) is 11.3 Å². The van der Waals surface area contributed by atoms with Gasteiger partial charge in [-0.15, -0.1) is 5.10 Å². The van der Waals surface area contributed by atoms with Gasteiger partial charge < -0.3 is 0 Å². The van der Waals surface area contributed by atoms with Gasteiger partial charge >= 0.3 is 0 Å². The average molecular weight is 184 g/mol. The van der Waals surface area contributed by atoms with Crippen molar-refractivity contribution in [2.45, 2.75) is 6.54 Å². The van der Waals surface area contributed by atoms with Crippen molar-refractivity contribution in [1.82, 2.24) is 15.0 Å². The van der Waals surface area contributed by atoms with Gasteiger partial charge in [-0.3, -0.25) is 4.99 Å². The number of fused-ring (bicyclic) bond motifs is 3. The molecule has 14 heavy (non-hydrogen) atoms. The third-order valence-electron chi connectivity index (χ3n) is 2.27. The molecule has 0 unspecified atom stereocenters. The van der Waals surface area contributed by atoms with Crippen LogP contribution in [0.5, 0.6) is 0 Å². The molecule has 1 aliphatic rings. The maximum Gasteiger partial charge on any atom is 0.0860 e. The van der Waals surface area contributed by atoms with Crippen molar-refractivity contribution in [3.05, 3.63) is 41.7 Å². The lowest BCUT2D eigenvalue weighted by atomic mass is 10.2. The molecule has 0 radical (unpaired) electrons. The molecule has 0 saturated carbocycles. The fourth-order valence-corrected chi connectivity index (χ4v) is 1.59. The Kier molecular flexibility index (Phi) is 1.47. The zero-order chi connectivity index (χ0) is 9.38. The Labute approximate surface area is 80.9 Å². The molecule has 0 fully saturated rings. The van der Waals surface area contributed by atoms with Crippen LogP contribution < -0.4 is 0 Å². The number of para-hydroxylation sites is 1. The largest absolute Gasteiger partial charge is 0.286 e. The Morgan fingerprint density at radius 2 is 2.14 bits per heavy atom. The molecule has 2 aromatic rings. The standard InChI is InChI=1S/C10H8N4/c1-2-4-10-8(3-1)5-11-6-9-7-12-13-14(9)10/h1-5,7H,6H2. The molecule has 0 bridgehead atoms. The van der Waals surface area contributed by atoms with E-state index in [1.165, 1.54) is 0 Å². The molecule has 0 saturated heterocycles. The molecule has 4 heteroatoms. The summed E-state index contributed by atoms with van der Waals surface area (Å²) in [7, 11) is 0. The quantitative estimate of drug-likeness (QED) is 0.617. The van der Waals surface area contributed by atoms with Gasteiger partial charge in [0.15, 0.2) is 0 Å². The lowest BCUT2D eigenvalue weighted by Crippen LogP contribution is -2.02. The van der Waals surface area contributed by atoms with Gasteiger partial charge in [-0.1, -0.05) is 23.4 Å². The summed E-state index contributed by atoms with van der Waals surface area (Å²) in [5.74, 6) is 0. The molecule has 0 N–H and O–H groups in total. The maximum absolute atomic E-state index is 4.30. The van der Waals surface area contributed by atoms with Gasteiger partial charge in [-0.05, 0) is 6.07 Å². The zero-order valence-corrected chi connectivity index (χ0v) is 7.46. The van der Waals surface area contributed by atoms with E-state index >= 15 is 0 Å². The zero-order valence-electron chi connectivity index (χ0n) is 7.46. The van der Waals surface area contributed by atoms with E-state index in [0.29, 0.717) is 6.54 Å². The smallest absolute Gasteiger partial charge is 0.0860 e. The van der Waals surface area contributed by atoms with Crippen LogP contribution in [-0.4, -0.2) is 21.2 Å². The molecule has 0 spiro atoms. The first-order valence-electron chi connectivity index (χ1n) is 4.44. The van der Waals surface area contributed by atoms with E-state index in [2.05, 4.69) is 15.3 Å². The molecule has 3 rings (SSSR count). The summed E-state index contributed by atoms with van der Waals surface area (Å²) in [6, 6.07) is 8.02. The van der Waals surface area contributed by atoms with Gasteiger partial charge in [0.2, 0.25) is 0 Å². The lowest BCUT2D eigenvalue weighted by molar-refractivity contribution is 0.767. The van der Waals surface area contributed by atoms with Crippen LogP contribution in [0.4, 0.5) is 0 Å². The number of benzene rings is 1. The second kappa shape index (κ2) is 2.77. The van der Waals surface area contributed by atoms with Gasteiger partial charge in [0.1, 0.15) is 0 Å². The van der Waals surface area contributed by atoms with Crippen molar-refractivity contribution >= 4 is 6.21 Å². The van der Waals surface area contributed by atoms with Crippen molar-refractivity contribution < 1.29 is 0 Å². The topological polar surface area (TPSA) is 43.1 Å². The lowest BCUT2D eigenvalue weighted by Gasteiger charge is -2.03. The third-order valence-corrected chi connectivity index (χ3v) is 2.27. The van der Waals surface area contributed by atoms with E-state index in [4.69, 9.17) is 0 Å². The van der Waals surface area contributed by atoms with Gasteiger partial charge in [0, 0.05) is 11.8 Å². The first kappa shape index (κ1) is 7.44. The number of hydrogen-bond acceptors (Lipinski definition) is 3. The van der Waals surface area contributed by atoms with Crippen LogP contribution in [0, 0.1) is 0 Å². The van der Waals surface area contributed by atoms with E-state index in [1.54, 1.807) is 6.20 Å². The highest BCUT2D eigenvalue weighted by Gasteiger charge is 2.10. The molecule has 1 aromatic heterocycles. The fourth-order valence-electron chi connectivity index (χ4n) is 1.59. The van der Waals surface area contributed by atoms with Crippen LogP contribution >= 0.6 is 0 Å². The Hall–Kier alpha value is -1.97. The molecule has 4 nitrogen and oxygen atoms in total. The summed E-state index contributed by atoms with van der Waals surface area (Å²) in [4.78, 5) is 4.30. The molecular formula is C10H8N4. The summed E-state index contributed by atoms with van der Waals surface area (Å²) in [5, 5.41) is 7.93. The van der Waals surface area contributed by atoms with Gasteiger partial charge in [0.05, 0.1) is 24.1 Å². The highest BCUT2D eigenvalue weighted by atomic mass is 15.4. The van der Waals surface area contributed by atoms with E-state index in [9.17, 15) is 0 Å². The van der Waals surface area contributed by atoms with E-state index in [0.717, 1.165) is 16.9 Å². The number of nitrogens with zero attached hydrogens (tertiary/aromatic N) is 4. The summed E-state index contributed by atoms with van der Waals surface area (Å²) in [5.41, 5.74) is 3.14. The Balaban J connectivity index is 2.34. The second-order valence-electron chi connectivity index (χ2n) is 3.17.